The van der Waals surface area contributed by atoms with E-state index < -0.39 is 0 Å². The molecule has 0 saturated heterocycles. The zero-order chi connectivity index (χ0) is 13.0. The molecule has 92 valence electrons. The highest BCUT2D eigenvalue weighted by Crippen LogP contribution is 2.21. The number of nitrogens with one attached hydrogen (secondary N) is 2. The Morgan fingerprint density at radius 2 is 2.06 bits per heavy atom. The molecular formula is C13H12BrN3O. The average molecular weight is 306 g/mol. The second kappa shape index (κ2) is 5.64. The number of hydrogen-bond acceptors (Lipinski definition) is 3. The van der Waals surface area contributed by atoms with Gasteiger partial charge in [-0.25, -0.2) is 0 Å². The number of para-hydroxylation sites is 1. The molecule has 5 heteroatoms. The summed E-state index contributed by atoms with van der Waals surface area (Å²) in [5.74, 6) is -0.237. The average Bonchev–Trinajstić information content (AvgIpc) is 2.41. The number of nitrogens with zero attached hydrogens (tertiary/aromatic N) is 1. The summed E-state index contributed by atoms with van der Waals surface area (Å²) in [6, 6.07) is 10.9. The van der Waals surface area contributed by atoms with E-state index in [1.54, 1.807) is 25.4 Å². The zero-order valence-corrected chi connectivity index (χ0v) is 11.4. The maximum atomic E-state index is 12.0. The van der Waals surface area contributed by atoms with Gasteiger partial charge >= 0.3 is 0 Å². The molecule has 2 N–H and O–H groups in total. The molecule has 4 nitrogen and oxygen atoms in total. The minimum atomic E-state index is -0.237. The largest absolute Gasteiger partial charge is 0.388 e. The van der Waals surface area contributed by atoms with Gasteiger partial charge in [0.15, 0.2) is 0 Å². The molecule has 1 heterocycles. The summed E-state index contributed by atoms with van der Waals surface area (Å²) in [6.07, 6.45) is 1.60. The van der Waals surface area contributed by atoms with Crippen LogP contribution >= 0.6 is 15.9 Å². The second-order valence-corrected chi connectivity index (χ2v) is 4.47. The minimum absolute atomic E-state index is 0.237. The normalized spacial score (nSPS) is 9.89. The monoisotopic (exact) mass is 305 g/mol. The van der Waals surface area contributed by atoms with Crippen LogP contribution in [0.2, 0.25) is 0 Å². The molecule has 1 aromatic heterocycles. The van der Waals surface area contributed by atoms with E-state index in [0.29, 0.717) is 5.69 Å². The number of anilines is 2. The number of hydrogen-bond donors (Lipinski definition) is 2. The van der Waals surface area contributed by atoms with Crippen molar-refractivity contribution in [1.29, 1.82) is 0 Å². The number of carbonyl (C=O) groups is 1. The van der Waals surface area contributed by atoms with Gasteiger partial charge in [-0.05, 0) is 40.2 Å². The van der Waals surface area contributed by atoms with E-state index in [0.717, 1.165) is 15.8 Å². The van der Waals surface area contributed by atoms with Crippen molar-refractivity contribution in [3.05, 3.63) is 52.8 Å². The van der Waals surface area contributed by atoms with Crippen molar-refractivity contribution in [3.8, 4) is 0 Å². The minimum Gasteiger partial charge on any atom is -0.388 e. The molecule has 0 aliphatic rings. The van der Waals surface area contributed by atoms with Crippen molar-refractivity contribution in [2.24, 2.45) is 0 Å². The van der Waals surface area contributed by atoms with Gasteiger partial charge in [-0.1, -0.05) is 12.1 Å². The van der Waals surface area contributed by atoms with Gasteiger partial charge in [0.2, 0.25) is 0 Å². The third kappa shape index (κ3) is 2.87. The molecular weight excluding hydrogens is 294 g/mol. The molecule has 2 rings (SSSR count). The van der Waals surface area contributed by atoms with E-state index in [2.05, 4.69) is 31.5 Å². The molecule has 2 aromatic rings. The Morgan fingerprint density at radius 1 is 1.28 bits per heavy atom. The van der Waals surface area contributed by atoms with E-state index in [4.69, 9.17) is 0 Å². The SMILES string of the molecule is CNc1ccnc(C(=O)Nc2ccccc2Br)c1. The Morgan fingerprint density at radius 3 is 2.78 bits per heavy atom. The van der Waals surface area contributed by atoms with E-state index in [1.165, 1.54) is 0 Å². The van der Waals surface area contributed by atoms with E-state index in [-0.39, 0.29) is 5.91 Å². The molecule has 18 heavy (non-hydrogen) atoms. The topological polar surface area (TPSA) is 54.0 Å². The number of benzene rings is 1. The predicted octanol–water partition coefficient (Wildman–Crippen LogP) is 3.14. The molecule has 0 unspecified atom stereocenters. The fraction of sp³-hybridized carbons (Fsp3) is 0.0769. The summed E-state index contributed by atoms with van der Waals surface area (Å²) in [6.45, 7) is 0. The summed E-state index contributed by atoms with van der Waals surface area (Å²) in [5, 5.41) is 5.77. The molecule has 1 amide bonds. The zero-order valence-electron chi connectivity index (χ0n) is 9.77. The van der Waals surface area contributed by atoms with Crippen LogP contribution in [0.3, 0.4) is 0 Å². The van der Waals surface area contributed by atoms with E-state index in [9.17, 15) is 4.79 Å². The first-order chi connectivity index (χ1) is 8.70. The van der Waals surface area contributed by atoms with Gasteiger partial charge in [0.25, 0.3) is 5.91 Å². The van der Waals surface area contributed by atoms with Gasteiger partial charge < -0.3 is 10.6 Å². The highest BCUT2D eigenvalue weighted by Gasteiger charge is 2.09. The van der Waals surface area contributed by atoms with Crippen molar-refractivity contribution >= 4 is 33.2 Å². The van der Waals surface area contributed by atoms with Crippen LogP contribution in [0.4, 0.5) is 11.4 Å². The molecule has 0 spiro atoms. The number of aromatic nitrogens is 1. The van der Waals surface area contributed by atoms with Crippen LogP contribution in [0, 0.1) is 0 Å². The smallest absolute Gasteiger partial charge is 0.274 e. The van der Waals surface area contributed by atoms with Crippen LogP contribution in [0.1, 0.15) is 10.5 Å². The lowest BCUT2D eigenvalue weighted by molar-refractivity contribution is 0.102. The van der Waals surface area contributed by atoms with Crippen molar-refractivity contribution in [1.82, 2.24) is 4.98 Å². The van der Waals surface area contributed by atoms with Crippen molar-refractivity contribution in [2.45, 2.75) is 0 Å². The van der Waals surface area contributed by atoms with Gasteiger partial charge in [0.1, 0.15) is 5.69 Å². The fourth-order valence-electron chi connectivity index (χ4n) is 1.46. The maximum Gasteiger partial charge on any atom is 0.274 e. The number of halogens is 1. The number of amides is 1. The lowest BCUT2D eigenvalue weighted by atomic mass is 10.2. The first kappa shape index (κ1) is 12.6. The molecule has 0 bridgehead atoms. The van der Waals surface area contributed by atoms with Gasteiger partial charge in [-0.15, -0.1) is 0 Å². The number of rotatable bonds is 3. The van der Waals surface area contributed by atoms with Gasteiger partial charge in [0.05, 0.1) is 5.69 Å². The summed E-state index contributed by atoms with van der Waals surface area (Å²) < 4.78 is 0.836. The van der Waals surface area contributed by atoms with Crippen LogP contribution in [-0.4, -0.2) is 17.9 Å². The lowest BCUT2D eigenvalue weighted by Gasteiger charge is -2.07. The molecule has 0 radical (unpaired) electrons. The summed E-state index contributed by atoms with van der Waals surface area (Å²) in [5.41, 5.74) is 1.94. The quantitative estimate of drug-likeness (QED) is 0.916. The number of carbonyl (C=O) groups excluding carboxylic acids is 1. The van der Waals surface area contributed by atoms with Crippen molar-refractivity contribution in [3.63, 3.8) is 0 Å². The van der Waals surface area contributed by atoms with Crippen LogP contribution in [0.15, 0.2) is 47.1 Å². The lowest BCUT2D eigenvalue weighted by Crippen LogP contribution is -2.14. The molecule has 0 saturated carbocycles. The Hall–Kier alpha value is -1.88. The van der Waals surface area contributed by atoms with Crippen molar-refractivity contribution < 1.29 is 4.79 Å². The van der Waals surface area contributed by atoms with Gasteiger partial charge in [-0.2, -0.15) is 0 Å². The summed E-state index contributed by atoms with van der Waals surface area (Å²) in [7, 11) is 1.80. The first-order valence-corrected chi connectivity index (χ1v) is 6.19. The maximum absolute atomic E-state index is 12.0. The van der Waals surface area contributed by atoms with Gasteiger partial charge in [0, 0.05) is 23.4 Å². The second-order valence-electron chi connectivity index (χ2n) is 3.61. The standard InChI is InChI=1S/C13H12BrN3O/c1-15-9-6-7-16-12(8-9)13(18)17-11-5-3-2-4-10(11)14/h2-8H,1H3,(H,15,16)(H,17,18). The molecule has 0 aliphatic heterocycles. The van der Waals surface area contributed by atoms with E-state index >= 15 is 0 Å². The predicted molar refractivity (Wildman–Crippen MR) is 75.9 cm³/mol. The molecule has 0 fully saturated rings. The summed E-state index contributed by atoms with van der Waals surface area (Å²) in [4.78, 5) is 16.1. The third-order valence-electron chi connectivity index (χ3n) is 2.40. The Labute approximate surface area is 114 Å². The fourth-order valence-corrected chi connectivity index (χ4v) is 1.84. The van der Waals surface area contributed by atoms with Gasteiger partial charge in [-0.3, -0.25) is 9.78 Å². The molecule has 0 aliphatic carbocycles. The van der Waals surface area contributed by atoms with Crippen LogP contribution in [-0.2, 0) is 0 Å². The number of pyridine rings is 1. The Kier molecular flexibility index (Phi) is 3.94. The Balaban J connectivity index is 2.19. The van der Waals surface area contributed by atoms with Crippen LogP contribution in [0.25, 0.3) is 0 Å². The summed E-state index contributed by atoms with van der Waals surface area (Å²) >= 11 is 3.38. The van der Waals surface area contributed by atoms with Crippen molar-refractivity contribution in [2.75, 3.05) is 17.7 Å². The van der Waals surface area contributed by atoms with Crippen LogP contribution < -0.4 is 10.6 Å². The Bertz CT molecular complexity index is 572. The van der Waals surface area contributed by atoms with Crippen LogP contribution in [0.5, 0.6) is 0 Å². The first-order valence-electron chi connectivity index (χ1n) is 5.40. The highest BCUT2D eigenvalue weighted by atomic mass is 79.9. The molecule has 1 aromatic carbocycles. The van der Waals surface area contributed by atoms with E-state index in [1.807, 2.05) is 24.3 Å². The highest BCUT2D eigenvalue weighted by molar-refractivity contribution is 9.10. The third-order valence-corrected chi connectivity index (χ3v) is 3.09. The molecule has 0 atom stereocenters.